The van der Waals surface area contributed by atoms with Crippen molar-refractivity contribution in [2.24, 2.45) is 5.10 Å². The zero-order valence-corrected chi connectivity index (χ0v) is 27.7. The van der Waals surface area contributed by atoms with E-state index in [1.54, 1.807) is 5.19 Å². The van der Waals surface area contributed by atoms with Gasteiger partial charge in [0.05, 0.1) is 25.2 Å². The second-order valence-electron chi connectivity index (χ2n) is 12.7. The van der Waals surface area contributed by atoms with Gasteiger partial charge in [-0.15, -0.1) is 0 Å². The van der Waals surface area contributed by atoms with Crippen LogP contribution in [0.2, 0.25) is 32.2 Å². The van der Waals surface area contributed by atoms with Crippen LogP contribution in [0.3, 0.4) is 0 Å². The van der Waals surface area contributed by atoms with E-state index in [-0.39, 0.29) is 0 Å². The molecule has 0 aliphatic carbocycles. The third kappa shape index (κ3) is 5.88. The number of hydrogen-bond acceptors (Lipinski definition) is 2. The Morgan fingerprint density at radius 3 is 1.84 bits per heavy atom. The van der Waals surface area contributed by atoms with Crippen LogP contribution in [0.15, 0.2) is 139 Å². The Hall–Kier alpha value is -4.20. The van der Waals surface area contributed by atoms with Gasteiger partial charge in [0.25, 0.3) is 0 Å². The van der Waals surface area contributed by atoms with Crippen molar-refractivity contribution >= 4 is 59.8 Å². The number of fused-ring (bicyclic) bond motifs is 3. The van der Waals surface area contributed by atoms with Crippen molar-refractivity contribution in [3.8, 4) is 0 Å². The molecule has 5 heteroatoms. The van der Waals surface area contributed by atoms with E-state index in [1.807, 2.05) is 23.4 Å². The van der Waals surface area contributed by atoms with Gasteiger partial charge in [-0.3, -0.25) is 0 Å². The van der Waals surface area contributed by atoms with Crippen LogP contribution in [0.1, 0.15) is 12.0 Å². The van der Waals surface area contributed by atoms with E-state index < -0.39 is 15.2 Å². The third-order valence-electron chi connectivity index (χ3n) is 9.49. The van der Waals surface area contributed by atoms with Gasteiger partial charge in [0.2, 0.25) is 0 Å². The van der Waals surface area contributed by atoms with Crippen LogP contribution in [0, 0.1) is 0 Å². The molecule has 6 aromatic rings. The van der Waals surface area contributed by atoms with Gasteiger partial charge in [0.1, 0.15) is 0 Å². The van der Waals surface area contributed by atoms with Crippen LogP contribution >= 0.6 is 0 Å². The number of nitrogens with zero attached hydrogens (tertiary/aromatic N) is 3. The zero-order valence-electron chi connectivity index (χ0n) is 25.7. The number of benzene rings is 5. The number of aromatic nitrogens is 1. The maximum atomic E-state index is 4.96. The molecule has 0 N–H and O–H groups in total. The van der Waals surface area contributed by atoms with Crippen LogP contribution in [0.5, 0.6) is 0 Å². The van der Waals surface area contributed by atoms with Crippen LogP contribution in [0.25, 0.3) is 21.8 Å². The number of anilines is 2. The van der Waals surface area contributed by atoms with Gasteiger partial charge >= 0.3 is 0 Å². The smallest absolute Gasteiger partial charge is 0.0738 e. The summed E-state index contributed by atoms with van der Waals surface area (Å²) in [5.41, 5.74) is 5.79. The summed E-state index contributed by atoms with van der Waals surface area (Å²) in [5, 5.41) is 11.2. The van der Waals surface area contributed by atoms with Gasteiger partial charge in [0.15, 0.2) is 0 Å². The molecule has 0 aliphatic heterocycles. The molecule has 0 radical (unpaired) electrons. The first-order valence-corrected chi connectivity index (χ1v) is 22.6. The number of aryl methyl sites for hydroxylation is 1. The molecule has 0 saturated heterocycles. The molecule has 5 aromatic carbocycles. The van der Waals surface area contributed by atoms with Gasteiger partial charge in [-0.2, -0.15) is 5.10 Å². The van der Waals surface area contributed by atoms with Crippen LogP contribution < -0.4 is 10.2 Å². The van der Waals surface area contributed by atoms with E-state index in [9.17, 15) is 0 Å². The highest BCUT2D eigenvalue weighted by Crippen LogP contribution is 2.32. The Bertz CT molecular complexity index is 1800. The maximum absolute atomic E-state index is 4.96. The summed E-state index contributed by atoms with van der Waals surface area (Å²) in [7, 11) is -2.92. The molecule has 0 amide bonds. The molecule has 0 unspecified atom stereocenters. The van der Waals surface area contributed by atoms with Gasteiger partial charge in [-0.1, -0.05) is 128 Å². The first-order chi connectivity index (χ1) is 20.8. The molecular weight excluding hydrogens is 555 g/mol. The van der Waals surface area contributed by atoms with E-state index in [1.165, 1.54) is 34.3 Å². The summed E-state index contributed by atoms with van der Waals surface area (Å²) in [5.74, 6) is 0. The Morgan fingerprint density at radius 1 is 0.628 bits per heavy atom. The average molecular weight is 596 g/mol. The molecule has 43 heavy (non-hydrogen) atoms. The highest BCUT2D eigenvalue weighted by molar-refractivity contribution is 7.45. The van der Waals surface area contributed by atoms with Gasteiger partial charge in [0, 0.05) is 35.9 Å². The van der Waals surface area contributed by atoms with E-state index >= 15 is 0 Å². The summed E-state index contributed by atoms with van der Waals surface area (Å²) in [6, 6.07) is 49.0. The second kappa shape index (κ2) is 12.2. The summed E-state index contributed by atoms with van der Waals surface area (Å²) in [6.45, 7) is 11.5. The summed E-state index contributed by atoms with van der Waals surface area (Å²) in [4.78, 5) is 0. The minimum absolute atomic E-state index is 1.03. The number of para-hydroxylation sites is 3. The lowest BCUT2D eigenvalue weighted by molar-refractivity contribution is 0.718. The van der Waals surface area contributed by atoms with E-state index in [2.05, 4.69) is 152 Å². The highest BCUT2D eigenvalue weighted by Gasteiger charge is 2.41. The highest BCUT2D eigenvalue weighted by atomic mass is 29.3. The molecule has 216 valence electrons. The summed E-state index contributed by atoms with van der Waals surface area (Å²) < 4.78 is 2.55. The van der Waals surface area contributed by atoms with Crippen molar-refractivity contribution in [2.75, 3.05) is 5.01 Å². The van der Waals surface area contributed by atoms with Crippen molar-refractivity contribution in [3.05, 3.63) is 139 Å². The van der Waals surface area contributed by atoms with Gasteiger partial charge in [-0.25, -0.2) is 5.01 Å². The van der Waals surface area contributed by atoms with E-state index in [4.69, 9.17) is 5.10 Å². The van der Waals surface area contributed by atoms with E-state index in [0.717, 1.165) is 23.5 Å². The molecule has 0 aliphatic rings. The zero-order chi connectivity index (χ0) is 29.9. The van der Waals surface area contributed by atoms with Crippen LogP contribution in [0.4, 0.5) is 11.4 Å². The monoisotopic (exact) mass is 595 g/mol. The second-order valence-corrected chi connectivity index (χ2v) is 28.6. The third-order valence-corrected chi connectivity index (χ3v) is 28.0. The molecular formula is C38H41N3Si2. The molecule has 0 saturated carbocycles. The Balaban J connectivity index is 1.28. The lowest BCUT2D eigenvalue weighted by Crippen LogP contribution is -2.62. The largest absolute Gasteiger partial charge is 0.340 e. The molecule has 3 nitrogen and oxygen atoms in total. The maximum Gasteiger partial charge on any atom is 0.0738 e. The van der Waals surface area contributed by atoms with Gasteiger partial charge < -0.3 is 4.57 Å². The van der Waals surface area contributed by atoms with Crippen molar-refractivity contribution in [2.45, 2.75) is 45.2 Å². The molecule has 1 heterocycles. The minimum atomic E-state index is -1.50. The average Bonchev–Trinajstić information content (AvgIpc) is 3.35. The topological polar surface area (TPSA) is 20.5 Å². The number of hydrazone groups is 1. The summed E-state index contributed by atoms with van der Waals surface area (Å²) in [6.07, 6.45) is 3.19. The first kappa shape index (κ1) is 28.9. The van der Waals surface area contributed by atoms with Crippen molar-refractivity contribution in [3.63, 3.8) is 0 Å². The van der Waals surface area contributed by atoms with Crippen molar-refractivity contribution in [1.82, 2.24) is 4.57 Å². The molecule has 0 spiro atoms. The lowest BCUT2D eigenvalue weighted by atomic mass is 10.1. The van der Waals surface area contributed by atoms with E-state index in [0.29, 0.717) is 0 Å². The summed E-state index contributed by atoms with van der Waals surface area (Å²) >= 11 is 0. The molecule has 0 fully saturated rings. The predicted molar refractivity (Wildman–Crippen MR) is 193 cm³/mol. The number of rotatable bonds is 10. The SMILES string of the molecule is C[Si](C)(CCCn1c2ccccc2c2cc(/C=N\N(c3ccccc3)c3ccccc3)ccc21)[Si](C)(C)c1ccccc1. The molecule has 1 aromatic heterocycles. The standard InChI is InChI=1S/C38H41N3Si2/c1-42(2,43(3,4)34-21-12-7-13-22-34)28-16-27-40-37-24-15-14-23-35(37)36-29-31(25-26-38(36)40)30-39-41(32-17-8-5-9-18-32)33-19-10-6-11-20-33/h5-15,17-26,29-30H,16,27-28H2,1-4H3/b39-30-. The normalized spacial score (nSPS) is 12.4. The Labute approximate surface area is 257 Å². The number of hydrogen-bond donors (Lipinski definition) is 0. The molecule has 0 bridgehead atoms. The minimum Gasteiger partial charge on any atom is -0.340 e. The lowest BCUT2D eigenvalue weighted by Gasteiger charge is -2.39. The Morgan fingerprint density at radius 2 is 1.19 bits per heavy atom. The fourth-order valence-corrected chi connectivity index (χ4v) is 14.9. The molecule has 6 rings (SSSR count). The fourth-order valence-electron chi connectivity index (χ4n) is 6.17. The predicted octanol–water partition coefficient (Wildman–Crippen LogP) is 9.76. The van der Waals surface area contributed by atoms with Crippen LogP contribution in [-0.2, 0) is 6.54 Å². The molecule has 0 atom stereocenters. The first-order valence-electron chi connectivity index (χ1n) is 15.4. The van der Waals surface area contributed by atoms with Gasteiger partial charge in [-0.05, 0) is 54.4 Å². The van der Waals surface area contributed by atoms with Crippen molar-refractivity contribution in [1.29, 1.82) is 0 Å². The quantitative estimate of drug-likeness (QED) is 0.0877. The fraction of sp³-hybridized carbons (Fsp3) is 0.184. The Kier molecular flexibility index (Phi) is 8.20. The van der Waals surface area contributed by atoms with Crippen molar-refractivity contribution < 1.29 is 0 Å². The van der Waals surface area contributed by atoms with Crippen LogP contribution in [-0.4, -0.2) is 26.0 Å².